The summed E-state index contributed by atoms with van der Waals surface area (Å²) in [5.74, 6) is 0.0825. The molecule has 122 valence electrons. The van der Waals surface area contributed by atoms with Gasteiger partial charge in [0.05, 0.1) is 13.2 Å². The Hall–Kier alpha value is -1.39. The van der Waals surface area contributed by atoms with Crippen molar-refractivity contribution in [1.82, 2.24) is 4.90 Å². The van der Waals surface area contributed by atoms with Crippen molar-refractivity contribution in [3.63, 3.8) is 0 Å². The van der Waals surface area contributed by atoms with Crippen LogP contribution in [0.2, 0.25) is 0 Å². The number of aryl methyl sites for hydroxylation is 1. The van der Waals surface area contributed by atoms with Crippen molar-refractivity contribution in [1.29, 1.82) is 0 Å². The smallest absolute Gasteiger partial charge is 0.224 e. The summed E-state index contributed by atoms with van der Waals surface area (Å²) in [7, 11) is 0. The molecule has 4 heteroatoms. The highest BCUT2D eigenvalue weighted by atomic mass is 16.5. The van der Waals surface area contributed by atoms with Crippen molar-refractivity contribution in [3.8, 4) is 0 Å². The van der Waals surface area contributed by atoms with Gasteiger partial charge in [-0.25, -0.2) is 0 Å². The zero-order chi connectivity index (χ0) is 16.2. The second-order valence-electron chi connectivity index (χ2n) is 7.32. The summed E-state index contributed by atoms with van der Waals surface area (Å²) < 4.78 is 5.38. The van der Waals surface area contributed by atoms with Crippen molar-refractivity contribution < 1.29 is 9.53 Å². The average Bonchev–Trinajstić information content (AvgIpc) is 2.41. The number of carbonyl (C=O) groups excluding carboxylic acids is 1. The third-order valence-electron chi connectivity index (χ3n) is 3.78. The number of benzene rings is 1. The van der Waals surface area contributed by atoms with Crippen molar-refractivity contribution in [2.24, 2.45) is 5.41 Å². The van der Waals surface area contributed by atoms with Crippen LogP contribution in [0.15, 0.2) is 18.2 Å². The van der Waals surface area contributed by atoms with E-state index in [1.165, 1.54) is 5.56 Å². The second kappa shape index (κ2) is 7.25. The molecular weight excluding hydrogens is 276 g/mol. The minimum Gasteiger partial charge on any atom is -0.379 e. The molecule has 1 saturated heterocycles. The van der Waals surface area contributed by atoms with Gasteiger partial charge in [0.25, 0.3) is 0 Å². The molecule has 2 rings (SSSR count). The minimum atomic E-state index is 0.00337. The first-order valence-corrected chi connectivity index (χ1v) is 8.03. The van der Waals surface area contributed by atoms with Gasteiger partial charge in [0, 0.05) is 31.7 Å². The lowest BCUT2D eigenvalue weighted by Gasteiger charge is -2.27. The number of anilines is 1. The molecule has 1 amide bonds. The number of rotatable bonds is 4. The van der Waals surface area contributed by atoms with Gasteiger partial charge in [-0.1, -0.05) is 32.9 Å². The van der Waals surface area contributed by atoms with Crippen LogP contribution in [-0.2, 0) is 16.1 Å². The van der Waals surface area contributed by atoms with E-state index in [-0.39, 0.29) is 11.3 Å². The van der Waals surface area contributed by atoms with Gasteiger partial charge in [0.2, 0.25) is 5.91 Å². The maximum atomic E-state index is 12.1. The van der Waals surface area contributed by atoms with Crippen LogP contribution in [0.1, 0.15) is 38.3 Å². The first-order valence-electron chi connectivity index (χ1n) is 8.03. The number of hydrogen-bond acceptors (Lipinski definition) is 3. The monoisotopic (exact) mass is 304 g/mol. The Labute approximate surface area is 133 Å². The quantitative estimate of drug-likeness (QED) is 0.929. The van der Waals surface area contributed by atoms with E-state index in [4.69, 9.17) is 4.74 Å². The molecule has 0 saturated carbocycles. The second-order valence-corrected chi connectivity index (χ2v) is 7.32. The van der Waals surface area contributed by atoms with E-state index >= 15 is 0 Å². The van der Waals surface area contributed by atoms with Crippen molar-refractivity contribution in [2.75, 3.05) is 31.6 Å². The molecule has 1 aliphatic heterocycles. The van der Waals surface area contributed by atoms with Crippen LogP contribution < -0.4 is 5.32 Å². The van der Waals surface area contributed by atoms with Crippen LogP contribution in [0.4, 0.5) is 5.69 Å². The number of carbonyl (C=O) groups is 1. The van der Waals surface area contributed by atoms with Gasteiger partial charge in [-0.2, -0.15) is 0 Å². The van der Waals surface area contributed by atoms with Crippen LogP contribution in [0.25, 0.3) is 0 Å². The lowest BCUT2D eigenvalue weighted by Crippen LogP contribution is -2.35. The highest BCUT2D eigenvalue weighted by Crippen LogP contribution is 2.22. The summed E-state index contributed by atoms with van der Waals surface area (Å²) in [6.45, 7) is 12.7. The zero-order valence-electron chi connectivity index (χ0n) is 14.2. The van der Waals surface area contributed by atoms with Gasteiger partial charge in [-0.15, -0.1) is 0 Å². The van der Waals surface area contributed by atoms with Crippen LogP contribution in [-0.4, -0.2) is 37.1 Å². The molecule has 22 heavy (non-hydrogen) atoms. The normalized spacial score (nSPS) is 16.5. The summed E-state index contributed by atoms with van der Waals surface area (Å²) in [6, 6.07) is 6.33. The standard InChI is InChI=1S/C18H28N2O2/c1-14-5-6-15(13-20-7-9-22-10-8-20)11-16(14)19-17(21)12-18(2,3)4/h5-6,11H,7-10,12-13H2,1-4H3,(H,19,21). The zero-order valence-corrected chi connectivity index (χ0v) is 14.2. The Balaban J connectivity index is 2.01. The van der Waals surface area contributed by atoms with Crippen LogP contribution >= 0.6 is 0 Å². The van der Waals surface area contributed by atoms with Crippen molar-refractivity contribution >= 4 is 11.6 Å². The minimum absolute atomic E-state index is 0.00337. The first kappa shape index (κ1) is 17.0. The van der Waals surface area contributed by atoms with Gasteiger partial charge in [0.15, 0.2) is 0 Å². The Morgan fingerprint density at radius 1 is 1.27 bits per heavy atom. The largest absolute Gasteiger partial charge is 0.379 e. The maximum Gasteiger partial charge on any atom is 0.224 e. The molecule has 0 aliphatic carbocycles. The Kier molecular flexibility index (Phi) is 5.59. The number of ether oxygens (including phenoxy) is 1. The molecule has 1 N–H and O–H groups in total. The molecular formula is C18H28N2O2. The molecule has 0 aromatic heterocycles. The molecule has 1 aromatic carbocycles. The highest BCUT2D eigenvalue weighted by Gasteiger charge is 2.17. The van der Waals surface area contributed by atoms with E-state index in [0.717, 1.165) is 44.1 Å². The predicted octanol–water partition coefficient (Wildman–Crippen LogP) is 3.20. The molecule has 1 heterocycles. The third kappa shape index (κ3) is 5.43. The van der Waals surface area contributed by atoms with Crippen molar-refractivity contribution in [2.45, 2.75) is 40.7 Å². The fourth-order valence-electron chi connectivity index (χ4n) is 2.60. The van der Waals surface area contributed by atoms with E-state index in [2.05, 4.69) is 49.2 Å². The van der Waals surface area contributed by atoms with Crippen LogP contribution in [0.5, 0.6) is 0 Å². The van der Waals surface area contributed by atoms with Gasteiger partial charge in [-0.05, 0) is 29.5 Å². The molecule has 0 bridgehead atoms. The molecule has 0 atom stereocenters. The number of nitrogens with one attached hydrogen (secondary N) is 1. The van der Waals surface area contributed by atoms with Crippen LogP contribution in [0.3, 0.4) is 0 Å². The first-order chi connectivity index (χ1) is 10.3. The Morgan fingerprint density at radius 2 is 1.95 bits per heavy atom. The Morgan fingerprint density at radius 3 is 2.59 bits per heavy atom. The summed E-state index contributed by atoms with van der Waals surface area (Å²) >= 11 is 0. The summed E-state index contributed by atoms with van der Waals surface area (Å²) in [4.78, 5) is 14.5. The van der Waals surface area contributed by atoms with Gasteiger partial charge in [-0.3, -0.25) is 9.69 Å². The number of hydrogen-bond donors (Lipinski definition) is 1. The number of morpholine rings is 1. The SMILES string of the molecule is Cc1ccc(CN2CCOCC2)cc1NC(=O)CC(C)(C)C. The summed E-state index contributed by atoms with van der Waals surface area (Å²) in [5.41, 5.74) is 3.27. The number of amides is 1. The van der Waals surface area contributed by atoms with Gasteiger partial charge >= 0.3 is 0 Å². The molecule has 4 nitrogen and oxygen atoms in total. The lowest BCUT2D eigenvalue weighted by atomic mass is 9.92. The maximum absolute atomic E-state index is 12.1. The number of nitrogens with zero attached hydrogens (tertiary/aromatic N) is 1. The summed E-state index contributed by atoms with van der Waals surface area (Å²) in [6.07, 6.45) is 0.528. The molecule has 1 aromatic rings. The lowest BCUT2D eigenvalue weighted by molar-refractivity contribution is -0.117. The Bertz CT molecular complexity index is 514. The summed E-state index contributed by atoms with van der Waals surface area (Å²) in [5, 5.41) is 3.06. The third-order valence-corrected chi connectivity index (χ3v) is 3.78. The van der Waals surface area contributed by atoms with E-state index < -0.39 is 0 Å². The fraction of sp³-hybridized carbons (Fsp3) is 0.611. The van der Waals surface area contributed by atoms with E-state index in [1.807, 2.05) is 6.92 Å². The molecule has 1 fully saturated rings. The fourth-order valence-corrected chi connectivity index (χ4v) is 2.60. The van der Waals surface area contributed by atoms with E-state index in [0.29, 0.717) is 6.42 Å². The van der Waals surface area contributed by atoms with E-state index in [9.17, 15) is 4.79 Å². The predicted molar refractivity (Wildman–Crippen MR) is 90.0 cm³/mol. The molecule has 0 unspecified atom stereocenters. The van der Waals surface area contributed by atoms with Crippen LogP contribution in [0, 0.1) is 12.3 Å². The van der Waals surface area contributed by atoms with Crippen molar-refractivity contribution in [3.05, 3.63) is 29.3 Å². The van der Waals surface area contributed by atoms with Gasteiger partial charge < -0.3 is 10.1 Å². The molecule has 0 radical (unpaired) electrons. The van der Waals surface area contributed by atoms with E-state index in [1.54, 1.807) is 0 Å². The average molecular weight is 304 g/mol. The topological polar surface area (TPSA) is 41.6 Å². The molecule has 0 spiro atoms. The molecule has 1 aliphatic rings. The highest BCUT2D eigenvalue weighted by molar-refractivity contribution is 5.91. The van der Waals surface area contributed by atoms with Gasteiger partial charge in [0.1, 0.15) is 0 Å².